The number of aliphatic hydroxyl groups excluding tert-OH is 1. The number of allylic oxidation sites excluding steroid dienone is 1. The van der Waals surface area contributed by atoms with Gasteiger partial charge < -0.3 is 29.6 Å². The van der Waals surface area contributed by atoms with Crippen molar-refractivity contribution in [3.63, 3.8) is 0 Å². The lowest BCUT2D eigenvalue weighted by molar-refractivity contribution is -0.154. The molecular weight excluding hydrogens is 444 g/mol. The Morgan fingerprint density at radius 1 is 1.20 bits per heavy atom. The third kappa shape index (κ3) is 6.24. The second kappa shape index (κ2) is 11.4. The summed E-state index contributed by atoms with van der Waals surface area (Å²) in [6.07, 6.45) is 4.78. The van der Waals surface area contributed by atoms with Crippen molar-refractivity contribution in [1.82, 2.24) is 10.3 Å². The third-order valence-electron chi connectivity index (χ3n) is 6.46. The van der Waals surface area contributed by atoms with Crippen LogP contribution >= 0.6 is 0 Å². The zero-order valence-electron chi connectivity index (χ0n) is 20.5. The van der Waals surface area contributed by atoms with Gasteiger partial charge in [0.2, 0.25) is 6.29 Å². The van der Waals surface area contributed by atoms with Crippen LogP contribution in [0.3, 0.4) is 0 Å². The van der Waals surface area contributed by atoms with Gasteiger partial charge in [0.1, 0.15) is 5.75 Å². The smallest absolute Gasteiger partial charge is 0.286 e. The Morgan fingerprint density at radius 3 is 2.69 bits per heavy atom. The lowest BCUT2D eigenvalue weighted by Crippen LogP contribution is -2.35. The SMILES string of the molecule is COc1ccc2[nH]cc(CCNC(=O)C3=CC(C(C)C)CC(OCc4ccc(CO)cc4)O3)c2c1. The third-order valence-corrected chi connectivity index (χ3v) is 6.46. The van der Waals surface area contributed by atoms with Crippen molar-refractivity contribution >= 4 is 16.8 Å². The van der Waals surface area contributed by atoms with E-state index >= 15 is 0 Å². The highest BCUT2D eigenvalue weighted by Gasteiger charge is 2.29. The maximum atomic E-state index is 12.9. The molecule has 1 aliphatic rings. The number of nitrogens with one attached hydrogen (secondary N) is 2. The van der Waals surface area contributed by atoms with E-state index in [1.54, 1.807) is 7.11 Å². The number of H-pyrrole nitrogens is 1. The Morgan fingerprint density at radius 2 is 1.97 bits per heavy atom. The van der Waals surface area contributed by atoms with E-state index in [4.69, 9.17) is 14.2 Å². The quantitative estimate of drug-likeness (QED) is 0.400. The van der Waals surface area contributed by atoms with E-state index in [0.29, 0.717) is 37.7 Å². The zero-order valence-corrected chi connectivity index (χ0v) is 20.5. The van der Waals surface area contributed by atoms with E-state index in [2.05, 4.69) is 24.1 Å². The summed E-state index contributed by atoms with van der Waals surface area (Å²) in [6.45, 7) is 5.15. The van der Waals surface area contributed by atoms with Gasteiger partial charge in [-0.3, -0.25) is 4.79 Å². The summed E-state index contributed by atoms with van der Waals surface area (Å²) in [5, 5.41) is 13.3. The van der Waals surface area contributed by atoms with Gasteiger partial charge in [0, 0.05) is 30.1 Å². The summed E-state index contributed by atoms with van der Waals surface area (Å²) >= 11 is 0. The fourth-order valence-electron chi connectivity index (χ4n) is 4.23. The first-order chi connectivity index (χ1) is 17.0. The molecule has 4 rings (SSSR count). The van der Waals surface area contributed by atoms with E-state index in [-0.39, 0.29) is 18.4 Å². The van der Waals surface area contributed by atoms with E-state index in [9.17, 15) is 9.90 Å². The number of rotatable bonds is 10. The van der Waals surface area contributed by atoms with E-state index in [1.165, 1.54) is 0 Å². The number of methoxy groups -OCH3 is 1. The number of aromatic nitrogens is 1. The summed E-state index contributed by atoms with van der Waals surface area (Å²) < 4.78 is 17.3. The van der Waals surface area contributed by atoms with E-state index < -0.39 is 6.29 Å². The van der Waals surface area contributed by atoms with Crippen LogP contribution in [-0.2, 0) is 33.9 Å². The first-order valence-electron chi connectivity index (χ1n) is 12.1. The molecule has 0 aliphatic carbocycles. The van der Waals surface area contributed by atoms with E-state index in [1.807, 2.05) is 54.7 Å². The minimum absolute atomic E-state index is 0.0146. The molecule has 1 amide bonds. The van der Waals surface area contributed by atoms with Crippen LogP contribution in [0.2, 0.25) is 0 Å². The van der Waals surface area contributed by atoms with Gasteiger partial charge in [-0.2, -0.15) is 0 Å². The van der Waals surface area contributed by atoms with Gasteiger partial charge in [-0.25, -0.2) is 0 Å². The van der Waals surface area contributed by atoms with Gasteiger partial charge >= 0.3 is 0 Å². The van der Waals surface area contributed by atoms with Crippen molar-refractivity contribution < 1.29 is 24.1 Å². The molecule has 2 aromatic carbocycles. The molecule has 1 aromatic heterocycles. The largest absolute Gasteiger partial charge is 0.497 e. The second-order valence-corrected chi connectivity index (χ2v) is 9.24. The van der Waals surface area contributed by atoms with Crippen molar-refractivity contribution in [3.8, 4) is 5.75 Å². The molecule has 2 unspecified atom stereocenters. The zero-order chi connectivity index (χ0) is 24.8. The maximum absolute atomic E-state index is 12.9. The molecular formula is C28H34N2O5. The minimum atomic E-state index is -0.494. The van der Waals surface area contributed by atoms with Crippen molar-refractivity contribution in [3.05, 3.63) is 77.2 Å². The highest BCUT2D eigenvalue weighted by molar-refractivity contribution is 5.91. The molecule has 3 aromatic rings. The number of aromatic amines is 1. The molecule has 3 N–H and O–H groups in total. The normalized spacial score (nSPS) is 17.8. The first-order valence-corrected chi connectivity index (χ1v) is 12.1. The van der Waals surface area contributed by atoms with Crippen molar-refractivity contribution in [2.75, 3.05) is 13.7 Å². The molecule has 0 spiro atoms. The number of benzene rings is 2. The molecule has 0 bridgehead atoms. The number of aliphatic hydroxyl groups is 1. The second-order valence-electron chi connectivity index (χ2n) is 9.24. The minimum Gasteiger partial charge on any atom is -0.497 e. The van der Waals surface area contributed by atoms with Crippen molar-refractivity contribution in [1.29, 1.82) is 0 Å². The van der Waals surface area contributed by atoms with E-state index in [0.717, 1.165) is 33.3 Å². The van der Waals surface area contributed by atoms with Gasteiger partial charge in [-0.15, -0.1) is 0 Å². The molecule has 7 nitrogen and oxygen atoms in total. The van der Waals surface area contributed by atoms with Crippen LogP contribution in [0.4, 0.5) is 0 Å². The van der Waals surface area contributed by atoms with Crippen LogP contribution in [0.5, 0.6) is 5.75 Å². The average Bonchev–Trinajstić information content (AvgIpc) is 3.29. The Bertz CT molecular complexity index is 1170. The molecule has 0 radical (unpaired) electrons. The van der Waals surface area contributed by atoms with Crippen LogP contribution in [0.25, 0.3) is 10.9 Å². The predicted molar refractivity (Wildman–Crippen MR) is 135 cm³/mol. The number of ether oxygens (including phenoxy) is 3. The lowest BCUT2D eigenvalue weighted by Gasteiger charge is -2.31. The Hall–Kier alpha value is -3.29. The Kier molecular flexibility index (Phi) is 8.10. The topological polar surface area (TPSA) is 92.8 Å². The molecule has 2 heterocycles. The number of carbonyl (C=O) groups is 1. The van der Waals surface area contributed by atoms with Gasteiger partial charge in [0.15, 0.2) is 5.76 Å². The summed E-state index contributed by atoms with van der Waals surface area (Å²) in [5.41, 5.74) is 4.00. The highest BCUT2D eigenvalue weighted by Crippen LogP contribution is 2.29. The number of fused-ring (bicyclic) bond motifs is 1. The predicted octanol–water partition coefficient (Wildman–Crippen LogP) is 4.45. The first kappa shape index (κ1) is 24.8. The molecule has 0 saturated heterocycles. The summed E-state index contributed by atoms with van der Waals surface area (Å²) in [7, 11) is 1.65. The lowest BCUT2D eigenvalue weighted by atomic mass is 9.90. The van der Waals surface area contributed by atoms with Gasteiger partial charge in [-0.1, -0.05) is 38.1 Å². The molecule has 1 aliphatic heterocycles. The van der Waals surface area contributed by atoms with Gasteiger partial charge in [0.05, 0.1) is 20.3 Å². The van der Waals surface area contributed by atoms with Crippen molar-refractivity contribution in [2.45, 2.75) is 46.2 Å². The summed E-state index contributed by atoms with van der Waals surface area (Å²) in [5.74, 6) is 1.44. The molecule has 0 saturated carbocycles. The Labute approximate surface area is 206 Å². The van der Waals surface area contributed by atoms with Crippen LogP contribution in [0.15, 0.2) is 60.5 Å². The highest BCUT2D eigenvalue weighted by atomic mass is 16.7. The number of carbonyl (C=O) groups excluding carboxylic acids is 1. The van der Waals surface area contributed by atoms with Crippen LogP contribution in [0.1, 0.15) is 37.0 Å². The molecule has 0 fully saturated rings. The number of hydrogen-bond donors (Lipinski definition) is 3. The monoisotopic (exact) mass is 478 g/mol. The maximum Gasteiger partial charge on any atom is 0.286 e. The summed E-state index contributed by atoms with van der Waals surface area (Å²) in [6, 6.07) is 13.5. The number of amides is 1. The van der Waals surface area contributed by atoms with Crippen LogP contribution in [0, 0.1) is 11.8 Å². The fraction of sp³-hybridized carbons (Fsp3) is 0.393. The molecule has 7 heteroatoms. The standard InChI is InChI=1S/C28H34N2O5/c1-18(2)22-12-26(35-27(13-22)34-17-20-6-4-19(16-31)5-7-20)28(32)29-11-10-21-15-30-25-9-8-23(33-3)14-24(21)25/h4-9,12,14-15,18,22,27,30-31H,10-11,13,16-17H2,1-3H3,(H,29,32). The van der Waals surface area contributed by atoms with Gasteiger partial charge in [-0.05, 0) is 59.2 Å². The molecule has 186 valence electrons. The molecule has 35 heavy (non-hydrogen) atoms. The Balaban J connectivity index is 1.34. The van der Waals surface area contributed by atoms with Gasteiger partial charge in [0.25, 0.3) is 5.91 Å². The number of hydrogen-bond acceptors (Lipinski definition) is 5. The van der Waals surface area contributed by atoms with Crippen molar-refractivity contribution in [2.24, 2.45) is 11.8 Å². The average molecular weight is 479 g/mol. The fourth-order valence-corrected chi connectivity index (χ4v) is 4.23. The van der Waals surface area contributed by atoms with Crippen LogP contribution in [-0.4, -0.2) is 35.9 Å². The molecule has 2 atom stereocenters. The summed E-state index contributed by atoms with van der Waals surface area (Å²) in [4.78, 5) is 16.2. The van der Waals surface area contributed by atoms with Crippen LogP contribution < -0.4 is 10.1 Å².